The number of carbonyl (C=O) groups is 2. The average molecular weight is 430 g/mol. The van der Waals surface area contributed by atoms with E-state index in [9.17, 15) is 19.7 Å². The number of non-ortho nitro benzene ring substituents is 1. The number of rotatable bonds is 6. The van der Waals surface area contributed by atoms with Crippen molar-refractivity contribution in [2.45, 2.75) is 13.3 Å². The molecular formula is C19H16BrN3O4. The monoisotopic (exact) mass is 429 g/mol. The highest BCUT2D eigenvalue weighted by atomic mass is 79.9. The topological polar surface area (TPSA) is 92.6 Å². The van der Waals surface area contributed by atoms with Gasteiger partial charge in [0, 0.05) is 28.8 Å². The van der Waals surface area contributed by atoms with Gasteiger partial charge >= 0.3 is 0 Å². The van der Waals surface area contributed by atoms with Crippen LogP contribution in [0.25, 0.3) is 5.57 Å². The number of anilines is 1. The number of hydrogen-bond donors (Lipinski definition) is 1. The predicted molar refractivity (Wildman–Crippen MR) is 105 cm³/mol. The summed E-state index contributed by atoms with van der Waals surface area (Å²) in [5, 5.41) is 13.9. The molecule has 0 aliphatic carbocycles. The number of nitrogens with zero attached hydrogens (tertiary/aromatic N) is 2. The predicted octanol–water partition coefficient (Wildman–Crippen LogP) is 3.96. The van der Waals surface area contributed by atoms with Crippen molar-refractivity contribution in [3.63, 3.8) is 0 Å². The Bertz CT molecular complexity index is 954. The third kappa shape index (κ3) is 3.75. The molecule has 0 unspecified atom stereocenters. The summed E-state index contributed by atoms with van der Waals surface area (Å²) in [4.78, 5) is 37.2. The summed E-state index contributed by atoms with van der Waals surface area (Å²) >= 11 is 3.37. The van der Waals surface area contributed by atoms with Crippen LogP contribution in [-0.2, 0) is 9.59 Å². The lowest BCUT2D eigenvalue weighted by Crippen LogP contribution is -2.33. The lowest BCUT2D eigenvalue weighted by Gasteiger charge is -2.13. The van der Waals surface area contributed by atoms with Crippen LogP contribution in [0.4, 0.5) is 11.4 Å². The van der Waals surface area contributed by atoms with E-state index in [2.05, 4.69) is 21.2 Å². The van der Waals surface area contributed by atoms with E-state index >= 15 is 0 Å². The molecule has 2 aromatic carbocycles. The van der Waals surface area contributed by atoms with Gasteiger partial charge in [-0.15, -0.1) is 0 Å². The number of nitro benzene ring substituents is 1. The zero-order valence-electron chi connectivity index (χ0n) is 14.4. The second-order valence-electron chi connectivity index (χ2n) is 5.95. The van der Waals surface area contributed by atoms with Gasteiger partial charge in [-0.25, -0.2) is 0 Å². The van der Waals surface area contributed by atoms with Crippen molar-refractivity contribution in [3.05, 3.63) is 74.4 Å². The highest BCUT2D eigenvalue weighted by molar-refractivity contribution is 9.10. The molecule has 0 spiro atoms. The maximum Gasteiger partial charge on any atom is 0.278 e. The number of benzene rings is 2. The molecule has 1 N–H and O–H groups in total. The van der Waals surface area contributed by atoms with Crippen molar-refractivity contribution in [2.75, 3.05) is 11.9 Å². The molecule has 0 atom stereocenters. The van der Waals surface area contributed by atoms with Crippen molar-refractivity contribution in [3.8, 4) is 0 Å². The van der Waals surface area contributed by atoms with Crippen LogP contribution in [0.2, 0.25) is 0 Å². The fourth-order valence-corrected chi connectivity index (χ4v) is 3.25. The Morgan fingerprint density at radius 1 is 1.11 bits per heavy atom. The first kappa shape index (κ1) is 18.8. The molecule has 0 bridgehead atoms. The molecule has 0 saturated carbocycles. The van der Waals surface area contributed by atoms with Crippen molar-refractivity contribution in [1.29, 1.82) is 0 Å². The van der Waals surface area contributed by atoms with Crippen LogP contribution in [0.5, 0.6) is 0 Å². The Morgan fingerprint density at radius 2 is 1.81 bits per heavy atom. The third-order valence-electron chi connectivity index (χ3n) is 4.08. The first-order chi connectivity index (χ1) is 12.9. The van der Waals surface area contributed by atoms with Crippen LogP contribution < -0.4 is 5.32 Å². The molecule has 1 aliphatic heterocycles. The first-order valence-corrected chi connectivity index (χ1v) is 9.09. The van der Waals surface area contributed by atoms with Gasteiger partial charge in [0.1, 0.15) is 5.70 Å². The smallest absolute Gasteiger partial charge is 0.278 e. The molecule has 3 rings (SSSR count). The normalized spacial score (nSPS) is 14.1. The third-order valence-corrected chi connectivity index (χ3v) is 4.57. The highest BCUT2D eigenvalue weighted by Crippen LogP contribution is 2.31. The molecule has 1 aliphatic rings. The summed E-state index contributed by atoms with van der Waals surface area (Å²) < 4.78 is 0.826. The zero-order chi connectivity index (χ0) is 19.6. The van der Waals surface area contributed by atoms with E-state index < -0.39 is 16.7 Å². The van der Waals surface area contributed by atoms with Gasteiger partial charge in [-0.2, -0.15) is 0 Å². The van der Waals surface area contributed by atoms with Crippen LogP contribution in [0.1, 0.15) is 18.9 Å². The molecule has 27 heavy (non-hydrogen) atoms. The van der Waals surface area contributed by atoms with Crippen molar-refractivity contribution >= 4 is 44.7 Å². The van der Waals surface area contributed by atoms with Gasteiger partial charge in [-0.3, -0.25) is 24.6 Å². The summed E-state index contributed by atoms with van der Waals surface area (Å²) in [5.41, 5.74) is 1.40. The number of hydrogen-bond acceptors (Lipinski definition) is 5. The molecule has 0 saturated heterocycles. The minimum absolute atomic E-state index is 0.0805. The van der Waals surface area contributed by atoms with Crippen LogP contribution in [0.3, 0.4) is 0 Å². The number of carbonyl (C=O) groups excluding carboxylic acids is 2. The van der Waals surface area contributed by atoms with Gasteiger partial charge in [0.25, 0.3) is 17.5 Å². The summed E-state index contributed by atoms with van der Waals surface area (Å²) in [7, 11) is 0. The quantitative estimate of drug-likeness (QED) is 0.426. The van der Waals surface area contributed by atoms with E-state index in [1.807, 2.05) is 19.1 Å². The standard InChI is InChI=1S/C19H16BrN3O4/c1-2-10-22-18(24)16(12-6-8-15(9-7-12)23(26)27)17(19(22)25)21-14-5-3-4-13(20)11-14/h3-9,11,21H,2,10H2,1H3. The molecule has 7 nitrogen and oxygen atoms in total. The van der Waals surface area contributed by atoms with Crippen LogP contribution in [0.15, 0.2) is 58.7 Å². The molecule has 0 radical (unpaired) electrons. The molecule has 138 valence electrons. The number of halogens is 1. The molecular weight excluding hydrogens is 414 g/mol. The Hall–Kier alpha value is -3.00. The lowest BCUT2D eigenvalue weighted by atomic mass is 10.0. The molecule has 2 aromatic rings. The fraction of sp³-hybridized carbons (Fsp3) is 0.158. The van der Waals surface area contributed by atoms with Gasteiger partial charge in [0.2, 0.25) is 0 Å². The summed E-state index contributed by atoms with van der Waals surface area (Å²) in [6.45, 7) is 2.18. The minimum Gasteiger partial charge on any atom is -0.350 e. The summed E-state index contributed by atoms with van der Waals surface area (Å²) in [6.07, 6.45) is 0.634. The Morgan fingerprint density at radius 3 is 2.41 bits per heavy atom. The van der Waals surface area contributed by atoms with Crippen LogP contribution in [-0.4, -0.2) is 28.2 Å². The van der Waals surface area contributed by atoms with Crippen molar-refractivity contribution in [2.24, 2.45) is 0 Å². The number of nitro groups is 1. The van der Waals surface area contributed by atoms with Crippen LogP contribution >= 0.6 is 15.9 Å². The Kier molecular flexibility index (Phi) is 5.36. The second kappa shape index (κ2) is 7.71. The molecule has 0 fully saturated rings. The number of amides is 2. The number of imide groups is 1. The van der Waals surface area contributed by atoms with Gasteiger partial charge in [-0.1, -0.05) is 28.9 Å². The Labute approximate surface area is 164 Å². The number of nitrogens with one attached hydrogen (secondary N) is 1. The zero-order valence-corrected chi connectivity index (χ0v) is 16.0. The van der Waals surface area contributed by atoms with Crippen molar-refractivity contribution in [1.82, 2.24) is 4.90 Å². The second-order valence-corrected chi connectivity index (χ2v) is 6.87. The maximum absolute atomic E-state index is 12.9. The van der Waals surface area contributed by atoms with E-state index in [0.717, 1.165) is 4.47 Å². The summed E-state index contributed by atoms with van der Waals surface area (Å²) in [6, 6.07) is 12.8. The van der Waals surface area contributed by atoms with E-state index in [1.54, 1.807) is 12.1 Å². The minimum atomic E-state index is -0.510. The highest BCUT2D eigenvalue weighted by Gasteiger charge is 2.38. The SMILES string of the molecule is CCCN1C(=O)C(Nc2cccc(Br)c2)=C(c2ccc([N+](=O)[O-])cc2)C1=O. The molecule has 8 heteroatoms. The maximum atomic E-state index is 12.9. The van der Waals surface area contributed by atoms with Gasteiger partial charge in [-0.05, 0) is 42.3 Å². The van der Waals surface area contributed by atoms with Gasteiger partial charge < -0.3 is 5.32 Å². The van der Waals surface area contributed by atoms with E-state index in [4.69, 9.17) is 0 Å². The van der Waals surface area contributed by atoms with Crippen LogP contribution in [0, 0.1) is 10.1 Å². The summed E-state index contributed by atoms with van der Waals surface area (Å²) in [5.74, 6) is -0.816. The van der Waals surface area contributed by atoms with E-state index in [-0.39, 0.29) is 17.0 Å². The molecule has 1 heterocycles. The van der Waals surface area contributed by atoms with E-state index in [1.165, 1.54) is 29.2 Å². The van der Waals surface area contributed by atoms with Crippen molar-refractivity contribution < 1.29 is 14.5 Å². The largest absolute Gasteiger partial charge is 0.350 e. The molecule has 0 aromatic heterocycles. The fourth-order valence-electron chi connectivity index (χ4n) is 2.85. The lowest BCUT2D eigenvalue weighted by molar-refractivity contribution is -0.384. The first-order valence-electron chi connectivity index (χ1n) is 8.30. The van der Waals surface area contributed by atoms with E-state index in [0.29, 0.717) is 24.2 Å². The average Bonchev–Trinajstić information content (AvgIpc) is 2.86. The van der Waals surface area contributed by atoms with Gasteiger partial charge in [0.05, 0.1) is 10.5 Å². The Balaban J connectivity index is 2.06. The molecule has 2 amide bonds. The van der Waals surface area contributed by atoms with Gasteiger partial charge in [0.15, 0.2) is 0 Å².